The van der Waals surface area contributed by atoms with E-state index in [2.05, 4.69) is 21.0 Å². The third kappa shape index (κ3) is 3.94. The van der Waals surface area contributed by atoms with Gasteiger partial charge in [0.25, 0.3) is 0 Å². The van der Waals surface area contributed by atoms with E-state index >= 15 is 0 Å². The zero-order valence-electron chi connectivity index (χ0n) is 12.5. The molecule has 1 aromatic heterocycles. The normalized spacial score (nSPS) is 10.9. The van der Waals surface area contributed by atoms with Crippen LogP contribution in [0.1, 0.15) is 42.4 Å². The number of ether oxygens (including phenoxy) is 1. The molecule has 0 spiro atoms. The Bertz CT molecular complexity index is 635. The van der Waals surface area contributed by atoms with E-state index in [0.29, 0.717) is 18.7 Å². The number of carbonyl (C=O) groups is 1. The Hall–Kier alpha value is -1.62. The van der Waals surface area contributed by atoms with Gasteiger partial charge in [-0.05, 0) is 54.4 Å². The first-order valence-electron chi connectivity index (χ1n) is 6.94. The molecule has 0 saturated carbocycles. The molecule has 112 valence electrons. The Morgan fingerprint density at radius 1 is 1.43 bits per heavy atom. The van der Waals surface area contributed by atoms with Gasteiger partial charge in [-0.2, -0.15) is 5.10 Å². The number of ketones is 1. The summed E-state index contributed by atoms with van der Waals surface area (Å²) in [6.07, 6.45) is 1.99. The highest BCUT2D eigenvalue weighted by Crippen LogP contribution is 2.21. The van der Waals surface area contributed by atoms with Crippen molar-refractivity contribution in [2.24, 2.45) is 0 Å². The minimum atomic E-state index is 0.0285. The molecule has 5 heteroatoms. The molecule has 0 saturated heterocycles. The molecule has 2 aromatic rings. The molecule has 0 fully saturated rings. The van der Waals surface area contributed by atoms with Gasteiger partial charge in [0.05, 0.1) is 17.3 Å². The van der Waals surface area contributed by atoms with Crippen LogP contribution in [0.25, 0.3) is 0 Å². The Morgan fingerprint density at radius 3 is 2.86 bits per heavy atom. The number of aromatic nitrogens is 2. The topological polar surface area (TPSA) is 44.1 Å². The Kier molecular flexibility index (Phi) is 5.17. The van der Waals surface area contributed by atoms with Gasteiger partial charge >= 0.3 is 0 Å². The van der Waals surface area contributed by atoms with Crippen LogP contribution < -0.4 is 4.74 Å². The van der Waals surface area contributed by atoms with Crippen LogP contribution in [-0.2, 0) is 0 Å². The zero-order chi connectivity index (χ0) is 15.4. The minimum Gasteiger partial charge on any atom is -0.493 e. The van der Waals surface area contributed by atoms with Gasteiger partial charge in [-0.15, -0.1) is 0 Å². The molecule has 0 N–H and O–H groups in total. The second-order valence-corrected chi connectivity index (χ2v) is 6.07. The van der Waals surface area contributed by atoms with Crippen LogP contribution in [-0.4, -0.2) is 22.2 Å². The van der Waals surface area contributed by atoms with E-state index in [1.54, 1.807) is 10.9 Å². The molecule has 0 unspecified atom stereocenters. The fourth-order valence-electron chi connectivity index (χ4n) is 2.08. The quantitative estimate of drug-likeness (QED) is 0.733. The highest BCUT2D eigenvalue weighted by Gasteiger charge is 2.18. The van der Waals surface area contributed by atoms with Crippen molar-refractivity contribution >= 4 is 21.7 Å². The maximum absolute atomic E-state index is 12.3. The number of aryl methyl sites for hydroxylation is 1. The molecule has 2 rings (SSSR count). The number of hydrogen-bond donors (Lipinski definition) is 0. The second-order valence-electron chi connectivity index (χ2n) is 5.22. The van der Waals surface area contributed by atoms with Crippen molar-refractivity contribution in [2.45, 2.75) is 33.2 Å². The predicted octanol–water partition coefficient (Wildman–Crippen LogP) is 4.19. The maximum atomic E-state index is 12.3. The summed E-state index contributed by atoms with van der Waals surface area (Å²) in [6, 6.07) is 7.95. The van der Waals surface area contributed by atoms with Crippen molar-refractivity contribution in [3.63, 3.8) is 0 Å². The van der Waals surface area contributed by atoms with E-state index in [-0.39, 0.29) is 11.8 Å². The lowest BCUT2D eigenvalue weighted by Crippen LogP contribution is -2.15. The average molecular weight is 351 g/mol. The summed E-state index contributed by atoms with van der Waals surface area (Å²) < 4.78 is 8.10. The van der Waals surface area contributed by atoms with Crippen LogP contribution in [0.15, 0.2) is 34.9 Å². The van der Waals surface area contributed by atoms with Gasteiger partial charge in [0.15, 0.2) is 5.78 Å². The van der Waals surface area contributed by atoms with Crippen molar-refractivity contribution in [3.8, 4) is 5.75 Å². The molecule has 0 aliphatic heterocycles. The van der Waals surface area contributed by atoms with Crippen molar-refractivity contribution in [3.05, 3.63) is 46.2 Å². The molecular formula is C16H19BrN2O2. The van der Waals surface area contributed by atoms with E-state index in [0.717, 1.165) is 15.8 Å². The Morgan fingerprint density at radius 2 is 2.19 bits per heavy atom. The van der Waals surface area contributed by atoms with Crippen molar-refractivity contribution in [1.82, 2.24) is 9.78 Å². The lowest BCUT2D eigenvalue weighted by Gasteiger charge is -2.11. The molecular weight excluding hydrogens is 332 g/mol. The van der Waals surface area contributed by atoms with Crippen LogP contribution >= 0.6 is 15.9 Å². The van der Waals surface area contributed by atoms with Gasteiger partial charge in [0.1, 0.15) is 11.4 Å². The SMILES string of the molecule is Cc1cccc(OCCC(=O)c2c(Br)cnn2C(C)C)c1. The number of rotatable bonds is 6. The fraction of sp³-hybridized carbons (Fsp3) is 0.375. The monoisotopic (exact) mass is 350 g/mol. The molecule has 4 nitrogen and oxygen atoms in total. The summed E-state index contributed by atoms with van der Waals surface area (Å²) in [5, 5.41) is 4.22. The van der Waals surface area contributed by atoms with E-state index in [4.69, 9.17) is 4.74 Å². The first-order valence-corrected chi connectivity index (χ1v) is 7.74. The van der Waals surface area contributed by atoms with Crippen LogP contribution in [0.5, 0.6) is 5.75 Å². The van der Waals surface area contributed by atoms with Gasteiger partial charge in [-0.1, -0.05) is 12.1 Å². The van der Waals surface area contributed by atoms with Gasteiger partial charge in [-0.25, -0.2) is 0 Å². The van der Waals surface area contributed by atoms with Crippen LogP contribution in [0, 0.1) is 6.92 Å². The van der Waals surface area contributed by atoms with E-state index in [9.17, 15) is 4.79 Å². The summed E-state index contributed by atoms with van der Waals surface area (Å²) >= 11 is 3.39. The predicted molar refractivity (Wildman–Crippen MR) is 85.9 cm³/mol. The van der Waals surface area contributed by atoms with Gasteiger partial charge < -0.3 is 4.74 Å². The van der Waals surface area contributed by atoms with Crippen LogP contribution in [0.4, 0.5) is 0 Å². The lowest BCUT2D eigenvalue weighted by molar-refractivity contribution is 0.0949. The van der Waals surface area contributed by atoms with E-state index < -0.39 is 0 Å². The molecule has 21 heavy (non-hydrogen) atoms. The highest BCUT2D eigenvalue weighted by molar-refractivity contribution is 9.10. The Labute approximate surface area is 133 Å². The zero-order valence-corrected chi connectivity index (χ0v) is 14.1. The fourth-order valence-corrected chi connectivity index (χ4v) is 2.57. The Balaban J connectivity index is 1.98. The summed E-state index contributed by atoms with van der Waals surface area (Å²) in [5.74, 6) is 0.819. The minimum absolute atomic E-state index is 0.0285. The molecule has 0 bridgehead atoms. The van der Waals surface area contributed by atoms with Gasteiger partial charge in [0.2, 0.25) is 0 Å². The summed E-state index contributed by atoms with van der Waals surface area (Å²) in [6.45, 7) is 6.37. The summed E-state index contributed by atoms with van der Waals surface area (Å²) in [4.78, 5) is 12.3. The standard InChI is InChI=1S/C16H19BrN2O2/c1-11(2)19-16(14(17)10-18-19)15(20)7-8-21-13-6-4-5-12(3)9-13/h4-6,9-11H,7-8H2,1-3H3. The number of halogens is 1. The molecule has 0 aliphatic rings. The third-order valence-corrected chi connectivity index (χ3v) is 3.67. The third-order valence-electron chi connectivity index (χ3n) is 3.09. The lowest BCUT2D eigenvalue weighted by atomic mass is 10.2. The smallest absolute Gasteiger partial charge is 0.185 e. The van der Waals surface area contributed by atoms with E-state index in [1.165, 1.54) is 0 Å². The molecule has 1 heterocycles. The van der Waals surface area contributed by atoms with Crippen molar-refractivity contribution in [2.75, 3.05) is 6.61 Å². The molecule has 0 amide bonds. The number of carbonyl (C=O) groups excluding carboxylic acids is 1. The van der Waals surface area contributed by atoms with Crippen LogP contribution in [0.2, 0.25) is 0 Å². The first kappa shape index (κ1) is 15.8. The second kappa shape index (κ2) is 6.89. The number of hydrogen-bond acceptors (Lipinski definition) is 3. The average Bonchev–Trinajstić information content (AvgIpc) is 2.81. The van der Waals surface area contributed by atoms with Crippen molar-refractivity contribution < 1.29 is 9.53 Å². The molecule has 0 atom stereocenters. The van der Waals surface area contributed by atoms with Gasteiger partial charge in [-0.3, -0.25) is 9.48 Å². The molecule has 1 aromatic carbocycles. The highest BCUT2D eigenvalue weighted by atomic mass is 79.9. The summed E-state index contributed by atoms with van der Waals surface area (Å²) in [7, 11) is 0. The van der Waals surface area contributed by atoms with E-state index in [1.807, 2.05) is 45.0 Å². The van der Waals surface area contributed by atoms with Crippen LogP contribution in [0.3, 0.4) is 0 Å². The first-order chi connectivity index (χ1) is 9.99. The maximum Gasteiger partial charge on any atom is 0.185 e. The number of nitrogens with zero attached hydrogens (tertiary/aromatic N) is 2. The number of Topliss-reactive ketones (excluding diaryl/α,β-unsaturated/α-hetero) is 1. The van der Waals surface area contributed by atoms with Crippen molar-refractivity contribution in [1.29, 1.82) is 0 Å². The van der Waals surface area contributed by atoms with Gasteiger partial charge in [0, 0.05) is 12.5 Å². The molecule has 0 aliphatic carbocycles. The number of benzene rings is 1. The summed E-state index contributed by atoms with van der Waals surface area (Å²) in [5.41, 5.74) is 1.75. The molecule has 0 radical (unpaired) electrons. The largest absolute Gasteiger partial charge is 0.493 e.